The first-order valence-corrected chi connectivity index (χ1v) is 10.5. The molecule has 5 rings (SSSR count). The topological polar surface area (TPSA) is 37.0 Å². The molecule has 6 heteroatoms. The minimum atomic E-state index is -0.589. The number of rotatable bonds is 3. The maximum Gasteiger partial charge on any atom is 0.150 e. The van der Waals surface area contributed by atoms with E-state index >= 15 is 0 Å². The van der Waals surface area contributed by atoms with E-state index in [1.54, 1.807) is 18.0 Å². The van der Waals surface area contributed by atoms with Gasteiger partial charge in [0.05, 0.1) is 5.69 Å². The van der Waals surface area contributed by atoms with Crippen LogP contribution in [0.3, 0.4) is 0 Å². The van der Waals surface area contributed by atoms with Gasteiger partial charge < -0.3 is 10.6 Å². The summed E-state index contributed by atoms with van der Waals surface area (Å²) in [4.78, 5) is 5.43. The van der Waals surface area contributed by atoms with Gasteiger partial charge in [-0.05, 0) is 60.2 Å². The van der Waals surface area contributed by atoms with Crippen molar-refractivity contribution in [2.75, 3.05) is 5.32 Å². The number of hydrogen-bond acceptors (Lipinski definition) is 4. The normalized spacial score (nSPS) is 17.9. The fourth-order valence-corrected chi connectivity index (χ4v) is 5.08. The molecular formula is C23H19F2N3S. The molecule has 1 atom stereocenters. The summed E-state index contributed by atoms with van der Waals surface area (Å²) in [5.74, 6) is -1.17. The number of fused-ring (bicyclic) bond motifs is 2. The van der Waals surface area contributed by atoms with Gasteiger partial charge in [0.15, 0.2) is 0 Å². The fourth-order valence-electron chi connectivity index (χ4n) is 3.84. The van der Waals surface area contributed by atoms with Gasteiger partial charge in [0.25, 0.3) is 0 Å². The lowest BCUT2D eigenvalue weighted by Crippen LogP contribution is -2.28. The second-order valence-electron chi connectivity index (χ2n) is 7.19. The smallest absolute Gasteiger partial charge is 0.150 e. The Kier molecular flexibility index (Phi) is 4.72. The zero-order valence-electron chi connectivity index (χ0n) is 15.6. The summed E-state index contributed by atoms with van der Waals surface area (Å²) in [6, 6.07) is 14.2. The van der Waals surface area contributed by atoms with E-state index in [9.17, 15) is 8.78 Å². The van der Waals surface area contributed by atoms with Crippen LogP contribution in [-0.4, -0.2) is 10.5 Å². The van der Waals surface area contributed by atoms with Crippen molar-refractivity contribution in [3.05, 3.63) is 89.4 Å². The van der Waals surface area contributed by atoms with Crippen molar-refractivity contribution in [1.82, 2.24) is 10.3 Å². The molecular weight excluding hydrogens is 388 g/mol. The van der Waals surface area contributed by atoms with Crippen molar-refractivity contribution in [3.63, 3.8) is 0 Å². The summed E-state index contributed by atoms with van der Waals surface area (Å²) in [5, 5.41) is 6.63. The van der Waals surface area contributed by atoms with Gasteiger partial charge in [-0.25, -0.2) is 8.78 Å². The molecule has 2 N–H and O–H groups in total. The Morgan fingerprint density at radius 2 is 1.97 bits per heavy atom. The van der Waals surface area contributed by atoms with Crippen LogP contribution < -0.4 is 10.6 Å². The molecule has 0 saturated heterocycles. The SMILES string of the molecule is Fc1ccc(NC2NC3=C(S2)c2cc(-c4cccnc4)ccc2CCC3)c(F)c1. The van der Waals surface area contributed by atoms with E-state index in [0.29, 0.717) is 5.69 Å². The number of aryl methyl sites for hydroxylation is 1. The Bertz CT molecular complexity index is 1100. The molecule has 0 amide bonds. The third-order valence-electron chi connectivity index (χ3n) is 5.26. The van der Waals surface area contributed by atoms with Crippen LogP contribution in [0.25, 0.3) is 16.0 Å². The third-order valence-corrected chi connectivity index (χ3v) is 6.43. The monoisotopic (exact) mass is 407 g/mol. The molecule has 29 heavy (non-hydrogen) atoms. The maximum atomic E-state index is 14.1. The predicted octanol–water partition coefficient (Wildman–Crippen LogP) is 5.76. The molecule has 2 aromatic carbocycles. The number of nitrogens with zero attached hydrogens (tertiary/aromatic N) is 1. The Morgan fingerprint density at radius 1 is 1.03 bits per heavy atom. The number of aromatic nitrogens is 1. The summed E-state index contributed by atoms with van der Waals surface area (Å²) < 4.78 is 27.2. The minimum Gasteiger partial charge on any atom is -0.359 e. The van der Waals surface area contributed by atoms with Crippen LogP contribution in [0.15, 0.2) is 66.6 Å². The van der Waals surface area contributed by atoms with Crippen LogP contribution >= 0.6 is 11.8 Å². The highest BCUT2D eigenvalue weighted by atomic mass is 32.2. The van der Waals surface area contributed by atoms with Crippen molar-refractivity contribution >= 4 is 22.4 Å². The molecule has 0 spiro atoms. The van der Waals surface area contributed by atoms with Gasteiger partial charge in [-0.1, -0.05) is 30.0 Å². The van der Waals surface area contributed by atoms with E-state index in [1.807, 2.05) is 12.3 Å². The molecule has 1 aromatic heterocycles. The number of nitrogens with one attached hydrogen (secondary N) is 2. The number of halogens is 2. The van der Waals surface area contributed by atoms with Crippen LogP contribution in [0.4, 0.5) is 14.5 Å². The number of thioether (sulfide) groups is 1. The largest absolute Gasteiger partial charge is 0.359 e. The first kappa shape index (κ1) is 18.2. The van der Waals surface area contributed by atoms with Gasteiger partial charge in [-0.15, -0.1) is 0 Å². The number of benzene rings is 2. The van der Waals surface area contributed by atoms with E-state index < -0.39 is 11.6 Å². The summed E-state index contributed by atoms with van der Waals surface area (Å²) in [6.45, 7) is 0. The number of allylic oxidation sites excluding steroid dienone is 1. The lowest BCUT2D eigenvalue weighted by molar-refractivity contribution is 0.584. The summed E-state index contributed by atoms with van der Waals surface area (Å²) >= 11 is 1.64. The number of anilines is 1. The van der Waals surface area contributed by atoms with Gasteiger partial charge in [0.1, 0.15) is 17.1 Å². The van der Waals surface area contributed by atoms with E-state index in [-0.39, 0.29) is 5.50 Å². The highest BCUT2D eigenvalue weighted by molar-refractivity contribution is 8.09. The lowest BCUT2D eigenvalue weighted by atomic mass is 9.98. The maximum absolute atomic E-state index is 14.1. The molecule has 0 fully saturated rings. The van der Waals surface area contributed by atoms with Crippen LogP contribution in [0.5, 0.6) is 0 Å². The average Bonchev–Trinajstić information content (AvgIpc) is 3.05. The van der Waals surface area contributed by atoms with Crippen LogP contribution in [-0.2, 0) is 6.42 Å². The standard InChI is InChI=1S/C23H19F2N3S/c24-17-8-9-20(19(25)12-17)27-23-28-21-5-1-3-14-6-7-15(11-18(14)22(21)29-23)16-4-2-10-26-13-16/h2,4,6-13,23,27-28H,1,3,5H2. The average molecular weight is 407 g/mol. The second kappa shape index (κ2) is 7.52. The molecule has 146 valence electrons. The molecule has 0 saturated carbocycles. The zero-order valence-corrected chi connectivity index (χ0v) is 16.4. The van der Waals surface area contributed by atoms with Crippen molar-refractivity contribution in [2.24, 2.45) is 0 Å². The predicted molar refractivity (Wildman–Crippen MR) is 114 cm³/mol. The van der Waals surface area contributed by atoms with Crippen LogP contribution in [0.2, 0.25) is 0 Å². The first-order chi connectivity index (χ1) is 14.2. The second-order valence-corrected chi connectivity index (χ2v) is 8.30. The molecule has 3 nitrogen and oxygen atoms in total. The third kappa shape index (κ3) is 3.60. The van der Waals surface area contributed by atoms with Crippen molar-refractivity contribution < 1.29 is 8.78 Å². The van der Waals surface area contributed by atoms with Crippen molar-refractivity contribution in [3.8, 4) is 11.1 Å². The Morgan fingerprint density at radius 3 is 2.79 bits per heavy atom. The molecule has 1 aliphatic heterocycles. The summed E-state index contributed by atoms with van der Waals surface area (Å²) in [7, 11) is 0. The number of pyridine rings is 1. The van der Waals surface area contributed by atoms with Gasteiger partial charge in [0, 0.05) is 34.6 Å². The van der Waals surface area contributed by atoms with E-state index in [4.69, 9.17) is 0 Å². The van der Waals surface area contributed by atoms with Crippen molar-refractivity contribution in [2.45, 2.75) is 24.8 Å². The molecule has 3 aromatic rings. The van der Waals surface area contributed by atoms with Crippen molar-refractivity contribution in [1.29, 1.82) is 0 Å². The molecule has 1 aliphatic carbocycles. The first-order valence-electron chi connectivity index (χ1n) is 9.59. The van der Waals surface area contributed by atoms with Gasteiger partial charge in [-0.3, -0.25) is 4.98 Å². The van der Waals surface area contributed by atoms with Gasteiger partial charge in [-0.2, -0.15) is 0 Å². The number of hydrogen-bond donors (Lipinski definition) is 2. The molecule has 0 radical (unpaired) electrons. The quantitative estimate of drug-likeness (QED) is 0.578. The summed E-state index contributed by atoms with van der Waals surface area (Å²) in [5.41, 5.74) is 6.03. The summed E-state index contributed by atoms with van der Waals surface area (Å²) in [6.07, 6.45) is 6.68. The molecule has 2 aliphatic rings. The van der Waals surface area contributed by atoms with Gasteiger partial charge >= 0.3 is 0 Å². The van der Waals surface area contributed by atoms with E-state index in [0.717, 1.165) is 36.5 Å². The van der Waals surface area contributed by atoms with E-state index in [2.05, 4.69) is 39.9 Å². The van der Waals surface area contributed by atoms with E-state index in [1.165, 1.54) is 33.9 Å². The van der Waals surface area contributed by atoms with Crippen LogP contribution in [0.1, 0.15) is 24.0 Å². The fraction of sp³-hybridized carbons (Fsp3) is 0.174. The molecule has 1 unspecified atom stereocenters. The Hall–Kier alpha value is -2.86. The molecule has 2 heterocycles. The lowest BCUT2D eigenvalue weighted by Gasteiger charge is -2.17. The highest BCUT2D eigenvalue weighted by Crippen LogP contribution is 2.44. The highest BCUT2D eigenvalue weighted by Gasteiger charge is 2.29. The van der Waals surface area contributed by atoms with Gasteiger partial charge in [0.2, 0.25) is 0 Å². The van der Waals surface area contributed by atoms with Crippen LogP contribution in [0, 0.1) is 11.6 Å². The Labute approximate surface area is 172 Å². The molecule has 0 bridgehead atoms. The minimum absolute atomic E-state index is 0.201. The zero-order chi connectivity index (χ0) is 19.8. The Balaban J connectivity index is 1.44.